The molecule has 0 spiro atoms. The van der Waals surface area contributed by atoms with E-state index < -0.39 is 0 Å². The van der Waals surface area contributed by atoms with Crippen LogP contribution in [0.25, 0.3) is 0 Å². The second-order valence-corrected chi connectivity index (χ2v) is 17.2. The zero-order chi connectivity index (χ0) is 26.9. The van der Waals surface area contributed by atoms with E-state index in [1.54, 1.807) is 16.7 Å². The highest BCUT2D eigenvalue weighted by Crippen LogP contribution is 2.68. The monoisotopic (exact) mass is 546 g/mol. The largest absolute Gasteiger partial charge is 0.487 e. The van der Waals surface area contributed by atoms with Crippen molar-refractivity contribution < 1.29 is 18.9 Å². The van der Waals surface area contributed by atoms with Crippen molar-refractivity contribution in [2.45, 2.75) is 126 Å². The molecule has 0 radical (unpaired) electrons. The van der Waals surface area contributed by atoms with Gasteiger partial charge in [-0.1, -0.05) is 20.8 Å². The van der Waals surface area contributed by atoms with E-state index in [1.165, 1.54) is 77.0 Å². The lowest BCUT2D eigenvalue weighted by molar-refractivity contribution is -0.0192. The van der Waals surface area contributed by atoms with Crippen LogP contribution in [-0.2, 0) is 25.7 Å². The molecule has 0 aromatic heterocycles. The normalized spacial score (nSPS) is 45.7. The number of hydrogen-bond donors (Lipinski definition) is 0. The number of ether oxygens (including phenoxy) is 4. The van der Waals surface area contributed by atoms with E-state index in [2.05, 4.69) is 26.8 Å². The quantitative estimate of drug-likeness (QED) is 0.317. The molecule has 8 saturated carbocycles. The summed E-state index contributed by atoms with van der Waals surface area (Å²) in [5, 5.41) is 0. The Kier molecular flexibility index (Phi) is 5.46. The SMILES string of the molecule is CC(C)(C)c1cc(OCC2CO2)c(OCC2CO2)c(C23CC4CC(CC(C4)C2)C3)c1C12CC3CC(CC(C3)C1)C2. The summed E-state index contributed by atoms with van der Waals surface area (Å²) in [6.45, 7) is 10.3. The fraction of sp³-hybridized carbons (Fsp3) is 0.833. The maximum absolute atomic E-state index is 7.02. The lowest BCUT2D eigenvalue weighted by Gasteiger charge is -2.61. The van der Waals surface area contributed by atoms with Crippen LogP contribution in [0.15, 0.2) is 6.07 Å². The number of epoxide rings is 2. The second-order valence-electron chi connectivity index (χ2n) is 17.2. The molecule has 2 aliphatic heterocycles. The Morgan fingerprint density at radius 1 is 0.650 bits per heavy atom. The van der Waals surface area contributed by atoms with E-state index in [9.17, 15) is 0 Å². The van der Waals surface area contributed by atoms with Gasteiger partial charge in [0.15, 0.2) is 11.5 Å². The molecule has 8 aliphatic carbocycles. The molecule has 11 rings (SSSR count). The molecule has 0 N–H and O–H groups in total. The van der Waals surface area contributed by atoms with Crippen LogP contribution in [0, 0.1) is 35.5 Å². The Morgan fingerprint density at radius 3 is 1.45 bits per heavy atom. The highest BCUT2D eigenvalue weighted by molar-refractivity contribution is 5.63. The Hall–Kier alpha value is -1.26. The lowest BCUT2D eigenvalue weighted by atomic mass is 9.43. The molecule has 1 aromatic rings. The molecule has 2 saturated heterocycles. The maximum Gasteiger partial charge on any atom is 0.165 e. The minimum atomic E-state index is 0.0576. The number of rotatable bonds is 8. The molecular formula is C36H50O4. The van der Waals surface area contributed by atoms with Crippen molar-refractivity contribution in [1.29, 1.82) is 0 Å². The number of hydrogen-bond acceptors (Lipinski definition) is 4. The van der Waals surface area contributed by atoms with Gasteiger partial charge in [-0.05, 0) is 141 Å². The zero-order valence-electron chi connectivity index (χ0n) is 25.1. The van der Waals surface area contributed by atoms with E-state index in [-0.39, 0.29) is 23.0 Å². The fourth-order valence-electron chi connectivity index (χ4n) is 12.1. The molecule has 1 aromatic carbocycles. The molecule has 10 aliphatic rings. The van der Waals surface area contributed by atoms with Crippen molar-refractivity contribution in [3.63, 3.8) is 0 Å². The van der Waals surface area contributed by atoms with Gasteiger partial charge in [0.25, 0.3) is 0 Å². The lowest BCUT2D eigenvalue weighted by Crippen LogP contribution is -2.53. The summed E-state index contributed by atoms with van der Waals surface area (Å²) in [5.74, 6) is 7.60. The molecule has 2 atom stereocenters. The van der Waals surface area contributed by atoms with E-state index >= 15 is 0 Å². The van der Waals surface area contributed by atoms with Gasteiger partial charge >= 0.3 is 0 Å². The molecule has 2 unspecified atom stereocenters. The second kappa shape index (κ2) is 8.65. The van der Waals surface area contributed by atoms with Gasteiger partial charge in [-0.15, -0.1) is 0 Å². The van der Waals surface area contributed by atoms with Crippen LogP contribution in [0.4, 0.5) is 0 Å². The van der Waals surface area contributed by atoms with E-state index in [1.807, 2.05) is 0 Å². The summed E-state index contributed by atoms with van der Waals surface area (Å²) in [7, 11) is 0. The molecule has 4 nitrogen and oxygen atoms in total. The van der Waals surface area contributed by atoms with Gasteiger partial charge < -0.3 is 18.9 Å². The Balaban J connectivity index is 1.29. The Bertz CT molecular complexity index is 1110. The zero-order valence-corrected chi connectivity index (χ0v) is 25.1. The van der Waals surface area contributed by atoms with Crippen LogP contribution in [-0.4, -0.2) is 38.6 Å². The van der Waals surface area contributed by atoms with Crippen LogP contribution in [0.5, 0.6) is 11.5 Å². The summed E-state index contributed by atoms with van der Waals surface area (Å²) in [6.07, 6.45) is 17.7. The first kappa shape index (κ1) is 25.3. The van der Waals surface area contributed by atoms with Gasteiger partial charge in [-0.3, -0.25) is 0 Å². The van der Waals surface area contributed by atoms with E-state index in [0.717, 1.165) is 60.2 Å². The van der Waals surface area contributed by atoms with Crippen LogP contribution >= 0.6 is 0 Å². The van der Waals surface area contributed by atoms with Crippen LogP contribution in [0.3, 0.4) is 0 Å². The molecule has 0 amide bonds. The third-order valence-corrected chi connectivity index (χ3v) is 12.8. The summed E-state index contributed by atoms with van der Waals surface area (Å²) < 4.78 is 25.1. The molecule has 218 valence electrons. The topological polar surface area (TPSA) is 43.5 Å². The first-order chi connectivity index (χ1) is 19.3. The molecule has 40 heavy (non-hydrogen) atoms. The van der Waals surface area contributed by atoms with Gasteiger partial charge in [0.1, 0.15) is 25.4 Å². The summed E-state index contributed by atoms with van der Waals surface area (Å²) >= 11 is 0. The first-order valence-electron chi connectivity index (χ1n) is 17.0. The van der Waals surface area contributed by atoms with Gasteiger partial charge in [0.2, 0.25) is 0 Å². The highest BCUT2D eigenvalue weighted by atomic mass is 16.6. The molecule has 2 heterocycles. The average molecular weight is 547 g/mol. The predicted octanol–water partition coefficient (Wildman–Crippen LogP) is 7.47. The van der Waals surface area contributed by atoms with Crippen LogP contribution < -0.4 is 9.47 Å². The summed E-state index contributed by atoms with van der Waals surface area (Å²) in [5.41, 5.74) is 5.62. The van der Waals surface area contributed by atoms with Gasteiger partial charge in [-0.2, -0.15) is 0 Å². The van der Waals surface area contributed by atoms with Crippen molar-refractivity contribution in [1.82, 2.24) is 0 Å². The first-order valence-corrected chi connectivity index (χ1v) is 17.0. The van der Waals surface area contributed by atoms with E-state index in [4.69, 9.17) is 18.9 Å². The number of benzene rings is 1. The Labute approximate surface area is 241 Å². The smallest absolute Gasteiger partial charge is 0.165 e. The molecule has 10 fully saturated rings. The molecule has 8 bridgehead atoms. The van der Waals surface area contributed by atoms with Gasteiger partial charge in [-0.25, -0.2) is 0 Å². The van der Waals surface area contributed by atoms with Crippen LogP contribution in [0.2, 0.25) is 0 Å². The maximum atomic E-state index is 7.02. The third-order valence-electron chi connectivity index (χ3n) is 12.8. The van der Waals surface area contributed by atoms with E-state index in [0.29, 0.717) is 18.6 Å². The minimum Gasteiger partial charge on any atom is -0.487 e. The van der Waals surface area contributed by atoms with Crippen LogP contribution in [0.1, 0.15) is 115 Å². The van der Waals surface area contributed by atoms with Crippen molar-refractivity contribution in [2.24, 2.45) is 35.5 Å². The standard InChI is InChI=1S/C36H50O4/c1-34(2,3)29-10-30(39-19-27-17-37-27)33(40-20-28-18-38-28)32(36-14-24-7-25(15-36)9-26(8-24)16-36)31(29)35-11-21-4-22(12-35)6-23(5-21)13-35/h10,21-28H,4-9,11-20H2,1-3H3. The minimum absolute atomic E-state index is 0.0576. The Morgan fingerprint density at radius 2 is 1.05 bits per heavy atom. The van der Waals surface area contributed by atoms with Crippen molar-refractivity contribution in [3.8, 4) is 11.5 Å². The third kappa shape index (κ3) is 4.12. The molecular weight excluding hydrogens is 496 g/mol. The fourth-order valence-corrected chi connectivity index (χ4v) is 12.1. The summed E-state index contributed by atoms with van der Waals surface area (Å²) in [4.78, 5) is 0. The highest BCUT2D eigenvalue weighted by Gasteiger charge is 2.59. The van der Waals surface area contributed by atoms with Crippen molar-refractivity contribution >= 4 is 0 Å². The summed E-state index contributed by atoms with van der Waals surface area (Å²) in [6, 6.07) is 2.46. The van der Waals surface area contributed by atoms with Gasteiger partial charge in [0.05, 0.1) is 13.2 Å². The molecule has 4 heteroatoms. The van der Waals surface area contributed by atoms with Crippen molar-refractivity contribution in [3.05, 3.63) is 22.8 Å². The van der Waals surface area contributed by atoms with Crippen molar-refractivity contribution in [2.75, 3.05) is 26.4 Å². The average Bonchev–Trinajstić information content (AvgIpc) is 3.79. The predicted molar refractivity (Wildman–Crippen MR) is 155 cm³/mol. The van der Waals surface area contributed by atoms with Gasteiger partial charge in [0, 0.05) is 11.0 Å².